The Hall–Kier alpha value is -2.48. The van der Waals surface area contributed by atoms with E-state index in [0.717, 1.165) is 28.3 Å². The topological polar surface area (TPSA) is 66.5 Å². The van der Waals surface area contributed by atoms with Crippen LogP contribution in [0.15, 0.2) is 42.5 Å². The summed E-state index contributed by atoms with van der Waals surface area (Å²) in [6.07, 6.45) is 0.976. The summed E-state index contributed by atoms with van der Waals surface area (Å²) in [5, 5.41) is 2.11. The molecular formula is C19H22F2N2O3S. The van der Waals surface area contributed by atoms with E-state index < -0.39 is 39.8 Å². The minimum Gasteiger partial charge on any atom is -0.320 e. The number of nitrogens with one attached hydrogen (secondary N) is 1. The number of hydrogen-bond donors (Lipinski definition) is 1. The van der Waals surface area contributed by atoms with Crippen molar-refractivity contribution in [1.82, 2.24) is 0 Å². The van der Waals surface area contributed by atoms with E-state index in [4.69, 9.17) is 0 Å². The lowest BCUT2D eigenvalue weighted by molar-refractivity contribution is -0.114. The summed E-state index contributed by atoms with van der Waals surface area (Å²) in [6, 6.07) is 9.99. The van der Waals surface area contributed by atoms with Crippen molar-refractivity contribution in [3.05, 3.63) is 59.7 Å². The van der Waals surface area contributed by atoms with Crippen molar-refractivity contribution in [3.8, 4) is 0 Å². The largest absolute Gasteiger partial charge is 0.320 e. The molecule has 0 bridgehead atoms. The second kappa shape index (κ2) is 7.64. The van der Waals surface area contributed by atoms with Crippen LogP contribution < -0.4 is 9.62 Å². The first-order valence-electron chi connectivity index (χ1n) is 8.22. The zero-order chi connectivity index (χ0) is 20.4. The van der Waals surface area contributed by atoms with E-state index in [2.05, 4.69) is 5.32 Å². The first kappa shape index (κ1) is 20.8. The molecule has 0 fully saturated rings. The van der Waals surface area contributed by atoms with Gasteiger partial charge < -0.3 is 5.32 Å². The Kier molecular flexibility index (Phi) is 5.89. The Bertz CT molecular complexity index is 933. The third-order valence-electron chi connectivity index (χ3n) is 3.90. The highest BCUT2D eigenvalue weighted by atomic mass is 32.2. The molecule has 27 heavy (non-hydrogen) atoms. The highest BCUT2D eigenvalue weighted by molar-refractivity contribution is 7.92. The summed E-state index contributed by atoms with van der Waals surface area (Å²) in [4.78, 5) is 12.4. The number of halogens is 2. The quantitative estimate of drug-likeness (QED) is 0.839. The molecule has 146 valence electrons. The highest BCUT2D eigenvalue weighted by Gasteiger charge is 2.27. The average Bonchev–Trinajstić information content (AvgIpc) is 2.54. The second-order valence-electron chi connectivity index (χ2n) is 7.18. The second-order valence-corrected chi connectivity index (χ2v) is 9.09. The van der Waals surface area contributed by atoms with Crippen LogP contribution in [0.25, 0.3) is 0 Å². The van der Waals surface area contributed by atoms with Crippen LogP contribution in [-0.4, -0.2) is 27.1 Å². The van der Waals surface area contributed by atoms with Crippen LogP contribution in [0, 0.1) is 11.6 Å². The first-order chi connectivity index (χ1) is 12.4. The molecule has 0 saturated carbocycles. The van der Waals surface area contributed by atoms with Gasteiger partial charge in [0.1, 0.15) is 23.9 Å². The van der Waals surface area contributed by atoms with Crippen molar-refractivity contribution in [3.63, 3.8) is 0 Å². The van der Waals surface area contributed by atoms with E-state index in [1.807, 2.05) is 20.8 Å². The lowest BCUT2D eigenvalue weighted by Crippen LogP contribution is -2.39. The SMILES string of the molecule is CC(C)(C)c1ccccc1N(CC(=O)Nc1c(F)cccc1F)S(C)(=O)=O. The zero-order valence-corrected chi connectivity index (χ0v) is 16.4. The van der Waals surface area contributed by atoms with Gasteiger partial charge in [0.25, 0.3) is 0 Å². The molecular weight excluding hydrogens is 374 g/mol. The summed E-state index contributed by atoms with van der Waals surface area (Å²) in [7, 11) is -3.82. The molecule has 5 nitrogen and oxygen atoms in total. The monoisotopic (exact) mass is 396 g/mol. The van der Waals surface area contributed by atoms with Crippen LogP contribution in [-0.2, 0) is 20.2 Å². The Morgan fingerprint density at radius 2 is 1.59 bits per heavy atom. The number of para-hydroxylation sites is 2. The van der Waals surface area contributed by atoms with Crippen LogP contribution in [0.2, 0.25) is 0 Å². The molecule has 0 aromatic heterocycles. The van der Waals surface area contributed by atoms with Gasteiger partial charge >= 0.3 is 0 Å². The van der Waals surface area contributed by atoms with Crippen LogP contribution in [0.3, 0.4) is 0 Å². The summed E-state index contributed by atoms with van der Waals surface area (Å²) in [5.41, 5.74) is 0.0743. The summed E-state index contributed by atoms with van der Waals surface area (Å²) >= 11 is 0. The van der Waals surface area contributed by atoms with Crippen molar-refractivity contribution >= 4 is 27.3 Å². The molecule has 2 aromatic carbocycles. The summed E-state index contributed by atoms with van der Waals surface area (Å²) < 4.78 is 53.1. The fourth-order valence-corrected chi connectivity index (χ4v) is 3.50. The molecule has 1 N–H and O–H groups in total. The number of anilines is 2. The van der Waals surface area contributed by atoms with Crippen LogP contribution in [0.5, 0.6) is 0 Å². The van der Waals surface area contributed by atoms with E-state index in [0.29, 0.717) is 5.69 Å². The maximum atomic E-state index is 13.7. The van der Waals surface area contributed by atoms with Gasteiger partial charge in [-0.1, -0.05) is 45.0 Å². The molecule has 0 unspecified atom stereocenters. The first-order valence-corrected chi connectivity index (χ1v) is 10.1. The van der Waals surface area contributed by atoms with Gasteiger partial charge in [-0.2, -0.15) is 0 Å². The van der Waals surface area contributed by atoms with Crippen molar-refractivity contribution in [1.29, 1.82) is 0 Å². The lowest BCUT2D eigenvalue weighted by Gasteiger charge is -2.29. The smallest absolute Gasteiger partial charge is 0.245 e. The summed E-state index contributed by atoms with van der Waals surface area (Å²) in [6.45, 7) is 5.14. The minimum absolute atomic E-state index is 0.344. The normalized spacial score (nSPS) is 11.9. The van der Waals surface area contributed by atoms with Crippen molar-refractivity contribution in [2.24, 2.45) is 0 Å². The van der Waals surface area contributed by atoms with Gasteiger partial charge in [-0.25, -0.2) is 17.2 Å². The molecule has 8 heteroatoms. The van der Waals surface area contributed by atoms with Crippen LogP contribution >= 0.6 is 0 Å². The Balaban J connectivity index is 2.39. The fraction of sp³-hybridized carbons (Fsp3) is 0.316. The molecule has 0 aliphatic rings. The predicted molar refractivity (Wildman–Crippen MR) is 102 cm³/mol. The Morgan fingerprint density at radius 3 is 2.11 bits per heavy atom. The molecule has 0 saturated heterocycles. The molecule has 2 aromatic rings. The lowest BCUT2D eigenvalue weighted by atomic mass is 9.86. The molecule has 0 aliphatic carbocycles. The van der Waals surface area contributed by atoms with E-state index >= 15 is 0 Å². The minimum atomic E-state index is -3.82. The number of carbonyl (C=O) groups excluding carboxylic acids is 1. The maximum absolute atomic E-state index is 13.7. The molecule has 0 spiro atoms. The van der Waals surface area contributed by atoms with Gasteiger partial charge in [0, 0.05) is 0 Å². The van der Waals surface area contributed by atoms with Crippen molar-refractivity contribution in [2.75, 3.05) is 22.4 Å². The van der Waals surface area contributed by atoms with Crippen molar-refractivity contribution in [2.45, 2.75) is 26.2 Å². The molecule has 0 aliphatic heterocycles. The predicted octanol–water partition coefficient (Wildman–Crippen LogP) is 3.67. The number of rotatable bonds is 5. The number of hydrogen-bond acceptors (Lipinski definition) is 3. The van der Waals surface area contributed by atoms with Gasteiger partial charge in [0.15, 0.2) is 0 Å². The number of benzene rings is 2. The van der Waals surface area contributed by atoms with Gasteiger partial charge in [-0.15, -0.1) is 0 Å². The zero-order valence-electron chi connectivity index (χ0n) is 15.6. The number of sulfonamides is 1. The highest BCUT2D eigenvalue weighted by Crippen LogP contribution is 2.33. The fourth-order valence-electron chi connectivity index (χ4n) is 2.63. The van der Waals surface area contributed by atoms with Crippen LogP contribution in [0.1, 0.15) is 26.3 Å². The summed E-state index contributed by atoms with van der Waals surface area (Å²) in [5.74, 6) is -2.73. The molecule has 0 heterocycles. The van der Waals surface area contributed by atoms with E-state index in [1.165, 1.54) is 6.07 Å². The molecule has 2 rings (SSSR count). The number of amides is 1. The maximum Gasteiger partial charge on any atom is 0.245 e. The van der Waals surface area contributed by atoms with Gasteiger partial charge in [0.05, 0.1) is 11.9 Å². The number of carbonyl (C=O) groups is 1. The Labute approximate surface area is 158 Å². The van der Waals surface area contributed by atoms with E-state index in [-0.39, 0.29) is 5.41 Å². The third-order valence-corrected chi connectivity index (χ3v) is 5.02. The van der Waals surface area contributed by atoms with Gasteiger partial charge in [-0.3, -0.25) is 9.10 Å². The standard InChI is InChI=1S/C19H22F2N2O3S/c1-19(2,3)13-8-5-6-11-16(13)23(27(4,25)26)12-17(24)22-18-14(20)9-7-10-15(18)21/h5-11H,12H2,1-4H3,(H,22,24). The van der Waals surface area contributed by atoms with Crippen molar-refractivity contribution < 1.29 is 22.0 Å². The van der Waals surface area contributed by atoms with E-state index in [1.54, 1.807) is 24.3 Å². The molecule has 1 amide bonds. The van der Waals surface area contributed by atoms with Crippen LogP contribution in [0.4, 0.5) is 20.2 Å². The van der Waals surface area contributed by atoms with E-state index in [9.17, 15) is 22.0 Å². The van der Waals surface area contributed by atoms with Gasteiger partial charge in [0.2, 0.25) is 15.9 Å². The molecule has 0 atom stereocenters. The number of nitrogens with zero attached hydrogens (tertiary/aromatic N) is 1. The Morgan fingerprint density at radius 1 is 1.04 bits per heavy atom. The third kappa shape index (κ3) is 5.03. The van der Waals surface area contributed by atoms with Gasteiger partial charge in [-0.05, 0) is 29.2 Å². The average molecular weight is 396 g/mol. The molecule has 0 radical (unpaired) electrons.